The van der Waals surface area contributed by atoms with E-state index in [2.05, 4.69) is 20.4 Å². The molecule has 1 amide bonds. The van der Waals surface area contributed by atoms with Crippen LogP contribution in [0.15, 0.2) is 24.8 Å². The summed E-state index contributed by atoms with van der Waals surface area (Å²) in [7, 11) is 3.14. The Balaban J connectivity index is 1.50. The maximum absolute atomic E-state index is 15.7. The Kier molecular flexibility index (Phi) is 5.97. The van der Waals surface area contributed by atoms with Crippen LogP contribution in [0.5, 0.6) is 0 Å². The van der Waals surface area contributed by atoms with Gasteiger partial charge in [0.15, 0.2) is 17.3 Å². The normalized spacial score (nSPS) is 21.4. The van der Waals surface area contributed by atoms with E-state index in [4.69, 9.17) is 4.74 Å². The molecule has 4 heterocycles. The smallest absolute Gasteiger partial charge is 0.267 e. The van der Waals surface area contributed by atoms with Gasteiger partial charge in [0.2, 0.25) is 5.91 Å². The molecule has 1 saturated carbocycles. The van der Waals surface area contributed by atoms with Crippen LogP contribution >= 0.6 is 0 Å². The molecule has 38 heavy (non-hydrogen) atoms. The maximum atomic E-state index is 15.7. The predicted molar refractivity (Wildman–Crippen MR) is 131 cm³/mol. The molecule has 6 rings (SSSR count). The first-order chi connectivity index (χ1) is 18.2. The molecule has 1 aromatic carbocycles. The molecule has 3 atom stereocenters. The van der Waals surface area contributed by atoms with Gasteiger partial charge < -0.3 is 19.4 Å². The summed E-state index contributed by atoms with van der Waals surface area (Å²) in [4.78, 5) is 22.1. The number of hydrogen-bond acceptors (Lipinski definition) is 6. The summed E-state index contributed by atoms with van der Waals surface area (Å²) in [6, 6.07) is 0. The molecule has 1 saturated heterocycles. The minimum absolute atomic E-state index is 0.0476. The van der Waals surface area contributed by atoms with Crippen molar-refractivity contribution in [3.05, 3.63) is 36.2 Å². The van der Waals surface area contributed by atoms with E-state index in [-0.39, 0.29) is 40.9 Å². The predicted octanol–water partition coefficient (Wildman–Crippen LogP) is 4.88. The van der Waals surface area contributed by atoms with Gasteiger partial charge in [-0.25, -0.2) is 27.2 Å². The Morgan fingerprint density at radius 2 is 2.03 bits per heavy atom. The number of fused-ring (bicyclic) bond motifs is 2. The zero-order valence-electron chi connectivity index (χ0n) is 20.7. The van der Waals surface area contributed by atoms with Crippen molar-refractivity contribution in [3.63, 3.8) is 0 Å². The lowest BCUT2D eigenvalue weighted by molar-refractivity contribution is -0.117. The van der Waals surface area contributed by atoms with Crippen molar-refractivity contribution in [2.75, 3.05) is 30.9 Å². The number of amides is 1. The van der Waals surface area contributed by atoms with Crippen molar-refractivity contribution in [2.24, 2.45) is 5.92 Å². The molecule has 0 bridgehead atoms. The van der Waals surface area contributed by atoms with E-state index in [1.807, 2.05) is 0 Å². The maximum Gasteiger partial charge on any atom is 0.267 e. The highest BCUT2D eigenvalue weighted by Crippen LogP contribution is 2.44. The molecule has 1 aliphatic carbocycles. The fourth-order valence-corrected chi connectivity index (χ4v) is 4.95. The molecule has 2 aliphatic rings. The summed E-state index contributed by atoms with van der Waals surface area (Å²) < 4.78 is 66.8. The first-order valence-electron chi connectivity index (χ1n) is 12.3. The average molecular weight is 532 g/mol. The molecule has 1 aliphatic heterocycles. The molecular weight excluding hydrogens is 506 g/mol. The molecule has 3 aromatic heterocycles. The quantitative estimate of drug-likeness (QED) is 0.357. The van der Waals surface area contributed by atoms with Crippen LogP contribution in [0.2, 0.25) is 0 Å². The first kappa shape index (κ1) is 24.6. The lowest BCUT2D eigenvalue weighted by atomic mass is 9.98. The van der Waals surface area contributed by atoms with Crippen LogP contribution in [0.3, 0.4) is 0 Å². The standard InChI is InChI=1S/C25H25F4N7O2/c1-34(2)23-21(27)20(24(28)29)19(13-9-36(33-22(13)23)18-5-3-4-6-38-18)15-10-35-11-16(31-17(35)8-30-15)32-25(37)12-7-14(12)26/h8-12,14,18,24H,3-7H2,1-2H3,(H,32,37)/t12-,14+,18?/m1/s1. The number of benzene rings is 1. The summed E-state index contributed by atoms with van der Waals surface area (Å²) in [5.41, 5.74) is -0.302. The number of anilines is 2. The zero-order chi connectivity index (χ0) is 26.7. The number of carbonyl (C=O) groups excluding carboxylic acids is 1. The van der Waals surface area contributed by atoms with Crippen LogP contribution in [0.4, 0.5) is 29.1 Å². The number of nitrogens with one attached hydrogen (secondary N) is 1. The third kappa shape index (κ3) is 4.14. The van der Waals surface area contributed by atoms with Crippen molar-refractivity contribution in [1.82, 2.24) is 24.1 Å². The van der Waals surface area contributed by atoms with Gasteiger partial charge in [-0.05, 0) is 25.7 Å². The fourth-order valence-electron chi connectivity index (χ4n) is 4.95. The highest BCUT2D eigenvalue weighted by atomic mass is 19.3. The fraction of sp³-hybridized carbons (Fsp3) is 0.440. The van der Waals surface area contributed by atoms with Gasteiger partial charge in [-0.3, -0.25) is 9.78 Å². The highest BCUT2D eigenvalue weighted by Gasteiger charge is 2.43. The Bertz CT molecular complexity index is 1540. The molecule has 4 aromatic rings. The number of alkyl halides is 3. The number of aromatic nitrogens is 5. The lowest BCUT2D eigenvalue weighted by Crippen LogP contribution is -2.18. The van der Waals surface area contributed by atoms with Crippen LogP contribution in [0, 0.1) is 11.7 Å². The van der Waals surface area contributed by atoms with E-state index < -0.39 is 35.8 Å². The van der Waals surface area contributed by atoms with Crippen molar-refractivity contribution < 1.29 is 27.1 Å². The molecule has 9 nitrogen and oxygen atoms in total. The molecule has 0 spiro atoms. The zero-order valence-corrected chi connectivity index (χ0v) is 20.7. The number of ether oxygens (including phenoxy) is 1. The molecule has 13 heteroatoms. The number of halogens is 4. The summed E-state index contributed by atoms with van der Waals surface area (Å²) in [6.07, 6.45) is 3.89. The second-order valence-corrected chi connectivity index (χ2v) is 9.85. The Hall–Kier alpha value is -3.74. The van der Waals surface area contributed by atoms with Crippen molar-refractivity contribution >= 4 is 34.0 Å². The van der Waals surface area contributed by atoms with Crippen LogP contribution < -0.4 is 10.2 Å². The second-order valence-electron chi connectivity index (χ2n) is 9.85. The summed E-state index contributed by atoms with van der Waals surface area (Å²) in [5.74, 6) is -2.08. The molecule has 0 radical (unpaired) electrons. The largest absolute Gasteiger partial charge is 0.373 e. The van der Waals surface area contributed by atoms with Gasteiger partial charge in [-0.1, -0.05) is 0 Å². The van der Waals surface area contributed by atoms with E-state index in [0.29, 0.717) is 24.1 Å². The molecule has 2 fully saturated rings. The topological polar surface area (TPSA) is 89.6 Å². The van der Waals surface area contributed by atoms with Crippen molar-refractivity contribution in [3.8, 4) is 11.3 Å². The minimum atomic E-state index is -3.13. The lowest BCUT2D eigenvalue weighted by Gasteiger charge is -2.22. The van der Waals surface area contributed by atoms with E-state index in [9.17, 15) is 18.0 Å². The summed E-state index contributed by atoms with van der Waals surface area (Å²) >= 11 is 0. The van der Waals surface area contributed by atoms with Gasteiger partial charge >= 0.3 is 0 Å². The van der Waals surface area contributed by atoms with Gasteiger partial charge in [0.25, 0.3) is 6.43 Å². The number of carbonyl (C=O) groups is 1. The minimum Gasteiger partial charge on any atom is -0.373 e. The number of hydrogen-bond donors (Lipinski definition) is 1. The number of nitrogens with zero attached hydrogens (tertiary/aromatic N) is 6. The number of imidazole rings is 1. The second kappa shape index (κ2) is 9.22. The SMILES string of the molecule is CN(C)c1c(F)c(C(F)F)c(-c2cn3cc(NC(=O)[C@@H]4C[C@@H]4F)nc3cn2)c2cn(C3CCCCO3)nc12. The third-order valence-corrected chi connectivity index (χ3v) is 6.95. The van der Waals surface area contributed by atoms with Crippen LogP contribution in [-0.2, 0) is 9.53 Å². The van der Waals surface area contributed by atoms with Crippen molar-refractivity contribution in [2.45, 2.75) is 44.5 Å². The average Bonchev–Trinajstić information content (AvgIpc) is 3.27. The van der Waals surface area contributed by atoms with Crippen LogP contribution in [0.25, 0.3) is 27.8 Å². The summed E-state index contributed by atoms with van der Waals surface area (Å²) in [6.45, 7) is 0.551. The summed E-state index contributed by atoms with van der Waals surface area (Å²) in [5, 5.41) is 7.44. The monoisotopic (exact) mass is 531 g/mol. The van der Waals surface area contributed by atoms with Crippen molar-refractivity contribution in [1.29, 1.82) is 0 Å². The first-order valence-corrected chi connectivity index (χ1v) is 12.3. The van der Waals surface area contributed by atoms with Gasteiger partial charge in [0.1, 0.15) is 23.6 Å². The number of rotatable bonds is 6. The molecule has 200 valence electrons. The van der Waals surface area contributed by atoms with E-state index >= 15 is 4.39 Å². The Labute approximate surface area is 214 Å². The van der Waals surface area contributed by atoms with E-state index in [1.54, 1.807) is 25.0 Å². The molecule has 1 unspecified atom stereocenters. The Morgan fingerprint density at radius 1 is 1.24 bits per heavy atom. The molecular formula is C25H25F4N7O2. The Morgan fingerprint density at radius 3 is 2.68 bits per heavy atom. The van der Waals surface area contributed by atoms with Crippen LogP contribution in [0.1, 0.15) is 43.9 Å². The van der Waals surface area contributed by atoms with Gasteiger partial charge in [-0.2, -0.15) is 5.10 Å². The van der Waals surface area contributed by atoms with Gasteiger partial charge in [-0.15, -0.1) is 0 Å². The van der Waals surface area contributed by atoms with Crippen LogP contribution in [-0.4, -0.2) is 56.9 Å². The third-order valence-electron chi connectivity index (χ3n) is 6.95. The van der Waals surface area contributed by atoms with Gasteiger partial charge in [0, 0.05) is 44.0 Å². The van der Waals surface area contributed by atoms with E-state index in [0.717, 1.165) is 12.8 Å². The van der Waals surface area contributed by atoms with E-state index in [1.165, 1.54) is 27.9 Å². The highest BCUT2D eigenvalue weighted by molar-refractivity contribution is 6.03. The van der Waals surface area contributed by atoms with Gasteiger partial charge in [0.05, 0.1) is 29.6 Å². The molecule has 1 N–H and O–H groups in total.